The monoisotopic (exact) mass is 206 g/mol. The molecule has 1 heterocycles. The highest BCUT2D eigenvalue weighted by Gasteiger charge is 2.32. The van der Waals surface area contributed by atoms with Crippen LogP contribution in [-0.4, -0.2) is 12.0 Å². The second-order valence-corrected chi connectivity index (χ2v) is 3.04. The topological polar surface area (TPSA) is 30.2 Å². The van der Waals surface area contributed by atoms with Gasteiger partial charge in [-0.2, -0.15) is 13.2 Å². The third kappa shape index (κ3) is 2.61. The fourth-order valence-electron chi connectivity index (χ4n) is 1.18. The Morgan fingerprint density at radius 1 is 1.43 bits per heavy atom. The molecule has 0 spiro atoms. The summed E-state index contributed by atoms with van der Waals surface area (Å²) < 4.78 is 40.6. The Balaban J connectivity index is 2.85. The molecule has 5 heteroatoms. The van der Waals surface area contributed by atoms with Gasteiger partial charge in [-0.05, 0) is 19.9 Å². The van der Waals surface area contributed by atoms with E-state index >= 15 is 0 Å². The van der Waals surface area contributed by atoms with E-state index in [0.29, 0.717) is 5.76 Å². The van der Waals surface area contributed by atoms with Gasteiger partial charge in [0.25, 0.3) is 0 Å². The Morgan fingerprint density at radius 3 is 2.36 bits per heavy atom. The lowest BCUT2D eigenvalue weighted by Crippen LogP contribution is -2.15. The van der Waals surface area contributed by atoms with Crippen molar-refractivity contribution in [3.8, 4) is 0 Å². The summed E-state index contributed by atoms with van der Waals surface area (Å²) in [5.74, 6) is -0.281. The van der Waals surface area contributed by atoms with Crippen molar-refractivity contribution < 1.29 is 22.4 Å². The first-order valence-corrected chi connectivity index (χ1v) is 3.96. The molecule has 2 nitrogen and oxygen atoms in total. The van der Waals surface area contributed by atoms with Crippen molar-refractivity contribution in [2.45, 2.75) is 26.4 Å². The predicted octanol–water partition coefficient (Wildman–Crippen LogP) is 3.03. The van der Waals surface area contributed by atoms with E-state index in [2.05, 4.69) is 0 Å². The molecule has 1 aromatic heterocycles. The molecule has 0 N–H and O–H groups in total. The van der Waals surface area contributed by atoms with Crippen LogP contribution in [0.1, 0.15) is 28.3 Å². The van der Waals surface area contributed by atoms with Crippen molar-refractivity contribution >= 4 is 5.78 Å². The molecule has 0 aromatic carbocycles. The smallest absolute Gasteiger partial charge is 0.396 e. The van der Waals surface area contributed by atoms with Crippen LogP contribution in [0, 0.1) is 13.8 Å². The number of furan rings is 1. The molecular weight excluding hydrogens is 197 g/mol. The minimum absolute atomic E-state index is 0.0137. The first-order valence-electron chi connectivity index (χ1n) is 3.96. The zero-order valence-electron chi connectivity index (χ0n) is 7.73. The second kappa shape index (κ2) is 3.48. The van der Waals surface area contributed by atoms with E-state index in [-0.39, 0.29) is 11.3 Å². The van der Waals surface area contributed by atoms with Crippen molar-refractivity contribution in [3.63, 3.8) is 0 Å². The van der Waals surface area contributed by atoms with Gasteiger partial charge in [0.1, 0.15) is 17.9 Å². The van der Waals surface area contributed by atoms with Crippen LogP contribution in [0.4, 0.5) is 13.2 Å². The predicted molar refractivity (Wildman–Crippen MR) is 43.2 cm³/mol. The molecule has 0 saturated heterocycles. The summed E-state index contributed by atoms with van der Waals surface area (Å²) in [6.07, 6.45) is -5.90. The highest BCUT2D eigenvalue weighted by molar-refractivity contribution is 5.97. The van der Waals surface area contributed by atoms with Crippen LogP contribution in [-0.2, 0) is 0 Å². The van der Waals surface area contributed by atoms with Crippen LogP contribution in [0.3, 0.4) is 0 Å². The Labute approximate surface area is 78.7 Å². The number of carbonyl (C=O) groups excluding carboxylic acids is 1. The molecule has 0 aliphatic heterocycles. The highest BCUT2D eigenvalue weighted by Crippen LogP contribution is 2.24. The van der Waals surface area contributed by atoms with Gasteiger partial charge in [0.05, 0.1) is 5.56 Å². The number of aryl methyl sites for hydroxylation is 2. The van der Waals surface area contributed by atoms with Crippen molar-refractivity contribution in [3.05, 3.63) is 23.2 Å². The number of hydrogen-bond acceptors (Lipinski definition) is 2. The first-order chi connectivity index (χ1) is 6.29. The molecular formula is C9H9F3O2. The Bertz CT molecular complexity index is 349. The normalized spacial score (nSPS) is 11.8. The second-order valence-electron chi connectivity index (χ2n) is 3.04. The summed E-state index contributed by atoms with van der Waals surface area (Å²) in [5.41, 5.74) is 0.0137. The number of alkyl halides is 3. The van der Waals surface area contributed by atoms with Gasteiger partial charge in [-0.1, -0.05) is 0 Å². The summed E-state index contributed by atoms with van der Waals surface area (Å²) in [6, 6.07) is 1.32. The standard InChI is InChI=1S/C9H9F3O2/c1-5-3-7(6(2)14-5)8(13)4-9(10,11)12/h3H,4H2,1-2H3. The molecule has 0 radical (unpaired) electrons. The Hall–Kier alpha value is -1.26. The van der Waals surface area contributed by atoms with E-state index in [0.717, 1.165) is 0 Å². The van der Waals surface area contributed by atoms with Gasteiger partial charge in [-0.3, -0.25) is 4.79 Å². The molecule has 14 heavy (non-hydrogen) atoms. The number of halogens is 3. The Morgan fingerprint density at radius 2 is 2.00 bits per heavy atom. The maximum Gasteiger partial charge on any atom is 0.396 e. The van der Waals surface area contributed by atoms with Gasteiger partial charge in [-0.25, -0.2) is 0 Å². The van der Waals surface area contributed by atoms with Crippen LogP contribution in [0.25, 0.3) is 0 Å². The average molecular weight is 206 g/mol. The van der Waals surface area contributed by atoms with Crippen molar-refractivity contribution in [2.75, 3.05) is 0 Å². The first kappa shape index (κ1) is 10.8. The van der Waals surface area contributed by atoms with E-state index in [4.69, 9.17) is 4.42 Å². The Kier molecular flexibility index (Phi) is 2.69. The maximum atomic E-state index is 11.9. The average Bonchev–Trinajstić information content (AvgIpc) is 2.26. The zero-order chi connectivity index (χ0) is 10.9. The molecule has 0 aliphatic rings. The van der Waals surface area contributed by atoms with E-state index in [1.165, 1.54) is 13.0 Å². The minimum atomic E-state index is -4.46. The third-order valence-electron chi connectivity index (χ3n) is 1.70. The van der Waals surface area contributed by atoms with E-state index in [9.17, 15) is 18.0 Å². The highest BCUT2D eigenvalue weighted by atomic mass is 19.4. The lowest BCUT2D eigenvalue weighted by Gasteiger charge is -2.03. The van der Waals surface area contributed by atoms with Gasteiger partial charge in [0, 0.05) is 0 Å². The van der Waals surface area contributed by atoms with Crippen LogP contribution in [0.5, 0.6) is 0 Å². The molecule has 0 atom stereocenters. The number of rotatable bonds is 2. The van der Waals surface area contributed by atoms with E-state index in [1.54, 1.807) is 6.92 Å². The molecule has 0 aliphatic carbocycles. The molecule has 0 saturated carbocycles. The molecule has 0 unspecified atom stereocenters. The quantitative estimate of drug-likeness (QED) is 0.696. The molecule has 1 aromatic rings. The van der Waals surface area contributed by atoms with Crippen LogP contribution >= 0.6 is 0 Å². The molecule has 0 fully saturated rings. The van der Waals surface area contributed by atoms with Gasteiger partial charge < -0.3 is 4.42 Å². The van der Waals surface area contributed by atoms with Crippen molar-refractivity contribution in [1.82, 2.24) is 0 Å². The minimum Gasteiger partial charge on any atom is -0.466 e. The largest absolute Gasteiger partial charge is 0.466 e. The number of Topliss-reactive ketones (excluding diaryl/α,β-unsaturated/α-hetero) is 1. The van der Waals surface area contributed by atoms with Crippen molar-refractivity contribution in [1.29, 1.82) is 0 Å². The van der Waals surface area contributed by atoms with Crippen LogP contribution in [0.15, 0.2) is 10.5 Å². The van der Waals surface area contributed by atoms with Crippen LogP contribution < -0.4 is 0 Å². The fourth-order valence-corrected chi connectivity index (χ4v) is 1.18. The lowest BCUT2D eigenvalue weighted by molar-refractivity contribution is -0.125. The molecule has 0 amide bonds. The van der Waals surface area contributed by atoms with Crippen LogP contribution in [0.2, 0.25) is 0 Å². The number of carbonyl (C=O) groups is 1. The lowest BCUT2D eigenvalue weighted by atomic mass is 10.1. The summed E-state index contributed by atoms with van der Waals surface area (Å²) >= 11 is 0. The molecule has 78 valence electrons. The maximum absolute atomic E-state index is 11.9. The van der Waals surface area contributed by atoms with Gasteiger partial charge >= 0.3 is 6.18 Å². The summed E-state index contributed by atoms with van der Waals surface area (Å²) in [7, 11) is 0. The molecule has 0 bridgehead atoms. The zero-order valence-corrected chi connectivity index (χ0v) is 7.73. The van der Waals surface area contributed by atoms with Gasteiger partial charge in [0.2, 0.25) is 0 Å². The summed E-state index contributed by atoms with van der Waals surface area (Å²) in [6.45, 7) is 3.05. The number of hydrogen-bond donors (Lipinski definition) is 0. The summed E-state index contributed by atoms with van der Waals surface area (Å²) in [5, 5.41) is 0. The van der Waals surface area contributed by atoms with Gasteiger partial charge in [0.15, 0.2) is 5.78 Å². The SMILES string of the molecule is Cc1cc(C(=O)CC(F)(F)F)c(C)o1. The molecule has 1 rings (SSSR count). The van der Waals surface area contributed by atoms with Crippen molar-refractivity contribution in [2.24, 2.45) is 0 Å². The third-order valence-corrected chi connectivity index (χ3v) is 1.70. The summed E-state index contributed by atoms with van der Waals surface area (Å²) in [4.78, 5) is 11.1. The number of ketones is 1. The fraction of sp³-hybridized carbons (Fsp3) is 0.444. The van der Waals surface area contributed by atoms with E-state index in [1.807, 2.05) is 0 Å². The van der Waals surface area contributed by atoms with E-state index < -0.39 is 18.4 Å². The van der Waals surface area contributed by atoms with Gasteiger partial charge in [-0.15, -0.1) is 0 Å².